The number of pyridine rings is 1. The van der Waals surface area contributed by atoms with Gasteiger partial charge in [-0.2, -0.15) is 0 Å². The lowest BCUT2D eigenvalue weighted by Crippen LogP contribution is -2.09. The normalized spacial score (nSPS) is 11.3. The molecule has 88 valence electrons. The molecule has 0 amide bonds. The van der Waals surface area contributed by atoms with Crippen molar-refractivity contribution in [2.24, 2.45) is 0 Å². The van der Waals surface area contributed by atoms with E-state index in [1.54, 1.807) is 0 Å². The molecule has 0 unspecified atom stereocenters. The first-order valence-corrected chi connectivity index (χ1v) is 6.55. The first kappa shape index (κ1) is 12.9. The van der Waals surface area contributed by atoms with Gasteiger partial charge in [-0.05, 0) is 12.5 Å². The topological polar surface area (TPSA) is 90.2 Å². The van der Waals surface area contributed by atoms with Gasteiger partial charge < -0.3 is 0 Å². The third-order valence-electron chi connectivity index (χ3n) is 1.80. The van der Waals surface area contributed by atoms with Crippen LogP contribution in [0.4, 0.5) is 5.69 Å². The van der Waals surface area contributed by atoms with E-state index < -0.39 is 14.8 Å². The lowest BCUT2D eigenvalue weighted by Gasteiger charge is -2.01. The fourth-order valence-corrected chi connectivity index (χ4v) is 2.53. The van der Waals surface area contributed by atoms with E-state index in [2.05, 4.69) is 4.98 Å². The standard InChI is InChI=1S/C8H9ClN2O4S/c9-4-1-5-16(14,15)8-3-2-7(6-10-8)11(12)13/h2-3,6H,1,4-5H2. The van der Waals surface area contributed by atoms with E-state index in [1.165, 1.54) is 0 Å². The Morgan fingerprint density at radius 3 is 2.56 bits per heavy atom. The molecular formula is C8H9ClN2O4S. The van der Waals surface area contributed by atoms with Gasteiger partial charge in [0, 0.05) is 11.9 Å². The summed E-state index contributed by atoms with van der Waals surface area (Å²) in [6, 6.07) is 2.24. The van der Waals surface area contributed by atoms with E-state index in [0.717, 1.165) is 18.3 Å². The Morgan fingerprint density at radius 2 is 2.12 bits per heavy atom. The average molecular weight is 265 g/mol. The Bertz CT molecular complexity index is 471. The predicted molar refractivity (Wildman–Crippen MR) is 58.3 cm³/mol. The van der Waals surface area contributed by atoms with Gasteiger partial charge in [-0.3, -0.25) is 10.1 Å². The summed E-state index contributed by atoms with van der Waals surface area (Å²) in [7, 11) is -3.48. The van der Waals surface area contributed by atoms with E-state index in [1.807, 2.05) is 0 Å². The molecule has 0 spiro atoms. The minimum absolute atomic E-state index is 0.110. The van der Waals surface area contributed by atoms with Crippen LogP contribution in [0.2, 0.25) is 0 Å². The molecule has 0 aromatic carbocycles. The Kier molecular flexibility index (Phi) is 4.19. The lowest BCUT2D eigenvalue weighted by molar-refractivity contribution is -0.385. The average Bonchev–Trinajstić information content (AvgIpc) is 2.26. The summed E-state index contributed by atoms with van der Waals surface area (Å²) in [6.07, 6.45) is 1.25. The Hall–Kier alpha value is -1.21. The van der Waals surface area contributed by atoms with E-state index in [4.69, 9.17) is 11.6 Å². The summed E-state index contributed by atoms with van der Waals surface area (Å²) in [5, 5.41) is 10.2. The van der Waals surface area contributed by atoms with E-state index in [0.29, 0.717) is 6.42 Å². The number of halogens is 1. The van der Waals surface area contributed by atoms with Crippen LogP contribution in [0.1, 0.15) is 6.42 Å². The molecule has 0 saturated heterocycles. The van der Waals surface area contributed by atoms with E-state index in [-0.39, 0.29) is 22.3 Å². The SMILES string of the molecule is O=[N+]([O-])c1ccc(S(=O)(=O)CCCCl)nc1. The number of nitrogens with zero attached hydrogens (tertiary/aromatic N) is 2. The zero-order valence-corrected chi connectivity index (χ0v) is 9.74. The van der Waals surface area contributed by atoms with Crippen LogP contribution in [0.25, 0.3) is 0 Å². The summed E-state index contributed by atoms with van der Waals surface area (Å²) in [5.41, 5.74) is -0.240. The van der Waals surface area contributed by atoms with Crippen LogP contribution < -0.4 is 0 Å². The predicted octanol–water partition coefficient (Wildman–Crippen LogP) is 1.39. The van der Waals surface area contributed by atoms with Crippen molar-refractivity contribution in [3.05, 3.63) is 28.4 Å². The lowest BCUT2D eigenvalue weighted by atomic mass is 10.4. The van der Waals surface area contributed by atoms with Crippen LogP contribution >= 0.6 is 11.6 Å². The van der Waals surface area contributed by atoms with E-state index >= 15 is 0 Å². The second-order valence-corrected chi connectivity index (χ2v) is 5.41. The zero-order valence-electron chi connectivity index (χ0n) is 8.17. The number of hydrogen-bond donors (Lipinski definition) is 0. The van der Waals surface area contributed by atoms with Gasteiger partial charge in [0.05, 0.1) is 10.7 Å². The number of hydrogen-bond acceptors (Lipinski definition) is 5. The van der Waals surface area contributed by atoms with Crippen molar-refractivity contribution in [3.63, 3.8) is 0 Å². The molecule has 0 fully saturated rings. The van der Waals surface area contributed by atoms with Crippen molar-refractivity contribution in [3.8, 4) is 0 Å². The van der Waals surface area contributed by atoms with Gasteiger partial charge >= 0.3 is 0 Å². The molecule has 0 atom stereocenters. The second-order valence-electron chi connectivity index (χ2n) is 2.97. The molecule has 0 radical (unpaired) electrons. The molecule has 0 aliphatic rings. The fraction of sp³-hybridized carbons (Fsp3) is 0.375. The summed E-state index contributed by atoms with van der Waals surface area (Å²) >= 11 is 5.39. The molecule has 0 aliphatic heterocycles. The molecule has 0 bridgehead atoms. The number of aromatic nitrogens is 1. The maximum atomic E-state index is 11.6. The third-order valence-corrected chi connectivity index (χ3v) is 3.77. The van der Waals surface area contributed by atoms with Gasteiger partial charge in [0.2, 0.25) is 0 Å². The molecule has 1 aromatic heterocycles. The Labute approximate surface area is 97.3 Å². The molecule has 1 heterocycles. The number of alkyl halides is 1. The van der Waals surface area contributed by atoms with Crippen molar-refractivity contribution in [1.29, 1.82) is 0 Å². The molecule has 16 heavy (non-hydrogen) atoms. The molecule has 0 N–H and O–H groups in total. The van der Waals surface area contributed by atoms with Crippen LogP contribution in [-0.4, -0.2) is 30.0 Å². The minimum atomic E-state index is -3.48. The largest absolute Gasteiger partial charge is 0.287 e. The van der Waals surface area contributed by atoms with Crippen LogP contribution in [0.3, 0.4) is 0 Å². The highest BCUT2D eigenvalue weighted by Gasteiger charge is 2.16. The maximum absolute atomic E-state index is 11.6. The van der Waals surface area contributed by atoms with Crippen molar-refractivity contribution < 1.29 is 13.3 Å². The number of nitro groups is 1. The van der Waals surface area contributed by atoms with E-state index in [9.17, 15) is 18.5 Å². The molecule has 1 rings (SSSR count). The highest BCUT2D eigenvalue weighted by Crippen LogP contribution is 2.14. The summed E-state index contributed by atoms with van der Waals surface area (Å²) in [4.78, 5) is 13.2. The van der Waals surface area contributed by atoms with Gasteiger partial charge in [-0.1, -0.05) is 0 Å². The summed E-state index contributed by atoms with van der Waals surface area (Å²) in [5.74, 6) is 0.132. The Morgan fingerprint density at radius 1 is 1.44 bits per heavy atom. The fourth-order valence-electron chi connectivity index (χ4n) is 1.01. The zero-order chi connectivity index (χ0) is 12.2. The number of rotatable bonds is 5. The van der Waals surface area contributed by atoms with Crippen molar-refractivity contribution in [2.75, 3.05) is 11.6 Å². The van der Waals surface area contributed by atoms with Gasteiger partial charge in [0.1, 0.15) is 6.20 Å². The van der Waals surface area contributed by atoms with Gasteiger partial charge in [0.15, 0.2) is 14.9 Å². The van der Waals surface area contributed by atoms with Crippen molar-refractivity contribution in [1.82, 2.24) is 4.98 Å². The Balaban J connectivity index is 2.93. The third kappa shape index (κ3) is 3.14. The highest BCUT2D eigenvalue weighted by molar-refractivity contribution is 7.91. The minimum Gasteiger partial charge on any atom is -0.258 e. The van der Waals surface area contributed by atoms with Crippen LogP contribution in [0.5, 0.6) is 0 Å². The first-order valence-electron chi connectivity index (χ1n) is 4.36. The molecule has 0 saturated carbocycles. The number of sulfone groups is 1. The maximum Gasteiger partial charge on any atom is 0.287 e. The highest BCUT2D eigenvalue weighted by atomic mass is 35.5. The van der Waals surface area contributed by atoms with Gasteiger partial charge in [-0.25, -0.2) is 13.4 Å². The molecule has 8 heteroatoms. The van der Waals surface area contributed by atoms with Crippen LogP contribution in [0, 0.1) is 10.1 Å². The molecule has 6 nitrogen and oxygen atoms in total. The van der Waals surface area contributed by atoms with Crippen molar-refractivity contribution >= 4 is 27.1 Å². The van der Waals surface area contributed by atoms with Gasteiger partial charge in [0.25, 0.3) is 5.69 Å². The van der Waals surface area contributed by atoms with Crippen molar-refractivity contribution in [2.45, 2.75) is 11.4 Å². The quantitative estimate of drug-likeness (QED) is 0.455. The van der Waals surface area contributed by atoms with Crippen LogP contribution in [0.15, 0.2) is 23.4 Å². The summed E-state index contributed by atoms with van der Waals surface area (Å²) < 4.78 is 23.2. The monoisotopic (exact) mass is 264 g/mol. The van der Waals surface area contributed by atoms with Crippen LogP contribution in [-0.2, 0) is 9.84 Å². The molecule has 1 aromatic rings. The molecular weight excluding hydrogens is 256 g/mol. The summed E-state index contributed by atoms with van der Waals surface area (Å²) in [6.45, 7) is 0. The second kappa shape index (κ2) is 5.22. The van der Waals surface area contributed by atoms with Gasteiger partial charge in [-0.15, -0.1) is 11.6 Å². The smallest absolute Gasteiger partial charge is 0.258 e. The first-order chi connectivity index (χ1) is 7.47. The molecule has 0 aliphatic carbocycles.